The highest BCUT2D eigenvalue weighted by Crippen LogP contribution is 2.24. The van der Waals surface area contributed by atoms with Gasteiger partial charge in [0.1, 0.15) is 0 Å². The Kier molecular flexibility index (Phi) is 4.06. The molecule has 1 aromatic heterocycles. The zero-order valence-corrected chi connectivity index (χ0v) is 10.3. The van der Waals surface area contributed by atoms with Gasteiger partial charge >= 0.3 is 0 Å². The van der Waals surface area contributed by atoms with Crippen molar-refractivity contribution in [3.8, 4) is 5.75 Å². The van der Waals surface area contributed by atoms with E-state index in [0.29, 0.717) is 17.8 Å². The Labute approximate surface area is 108 Å². The molecule has 0 aliphatic rings. The quantitative estimate of drug-likeness (QED) is 0.898. The number of aryl methyl sites for hydroxylation is 1. The van der Waals surface area contributed by atoms with Gasteiger partial charge in [-0.2, -0.15) is 4.98 Å². The first-order valence-corrected chi connectivity index (χ1v) is 5.76. The third kappa shape index (κ3) is 3.05. The Morgan fingerprint density at radius 1 is 1.32 bits per heavy atom. The molecule has 0 unspecified atom stereocenters. The first-order chi connectivity index (χ1) is 9.13. The van der Waals surface area contributed by atoms with Crippen molar-refractivity contribution in [2.75, 3.05) is 0 Å². The second-order valence-corrected chi connectivity index (χ2v) is 3.84. The molecule has 5 nitrogen and oxygen atoms in total. The Bertz CT molecular complexity index is 549. The fraction of sp³-hybridized carbons (Fsp3) is 0.333. The minimum Gasteiger partial charge on any atom is -0.478 e. The van der Waals surface area contributed by atoms with E-state index in [1.807, 2.05) is 6.92 Å². The van der Waals surface area contributed by atoms with Crippen molar-refractivity contribution in [2.24, 2.45) is 5.73 Å². The lowest BCUT2D eigenvalue weighted by molar-refractivity contribution is 0.224. The van der Waals surface area contributed by atoms with Crippen LogP contribution in [0.5, 0.6) is 5.75 Å². The average molecular weight is 269 g/mol. The van der Waals surface area contributed by atoms with Gasteiger partial charge in [-0.25, -0.2) is 8.78 Å². The number of nitrogens with zero attached hydrogens (tertiary/aromatic N) is 2. The van der Waals surface area contributed by atoms with Gasteiger partial charge in [-0.15, -0.1) is 0 Å². The number of aromatic nitrogens is 2. The van der Waals surface area contributed by atoms with Crippen LogP contribution < -0.4 is 10.5 Å². The van der Waals surface area contributed by atoms with Crippen LogP contribution in [0.25, 0.3) is 0 Å². The van der Waals surface area contributed by atoms with E-state index in [1.165, 1.54) is 0 Å². The fourth-order valence-corrected chi connectivity index (χ4v) is 1.49. The molecule has 0 bridgehead atoms. The smallest absolute Gasteiger partial charge is 0.264 e. The summed E-state index contributed by atoms with van der Waals surface area (Å²) in [7, 11) is 0. The summed E-state index contributed by atoms with van der Waals surface area (Å²) in [5.41, 5.74) is 5.67. The van der Waals surface area contributed by atoms with Crippen LogP contribution in [0.2, 0.25) is 0 Å². The molecule has 2 aromatic rings. The number of rotatable bonds is 5. The van der Waals surface area contributed by atoms with E-state index in [-0.39, 0.29) is 19.0 Å². The molecule has 0 amide bonds. The highest BCUT2D eigenvalue weighted by atomic mass is 19.1. The monoisotopic (exact) mass is 269 g/mol. The van der Waals surface area contributed by atoms with E-state index in [0.717, 1.165) is 12.1 Å². The number of nitrogens with two attached hydrogens (primary N) is 1. The lowest BCUT2D eigenvalue weighted by atomic mass is 10.2. The second-order valence-electron chi connectivity index (χ2n) is 3.84. The second kappa shape index (κ2) is 5.75. The van der Waals surface area contributed by atoms with E-state index in [9.17, 15) is 8.78 Å². The zero-order valence-electron chi connectivity index (χ0n) is 10.3. The minimum atomic E-state index is -0.810. The molecule has 0 atom stereocenters. The largest absolute Gasteiger partial charge is 0.478 e. The van der Waals surface area contributed by atoms with E-state index < -0.39 is 17.4 Å². The number of halogens is 2. The average Bonchev–Trinajstić information content (AvgIpc) is 2.85. The van der Waals surface area contributed by atoms with Crippen LogP contribution in [0.3, 0.4) is 0 Å². The van der Waals surface area contributed by atoms with Crippen molar-refractivity contribution < 1.29 is 18.0 Å². The van der Waals surface area contributed by atoms with E-state index in [1.54, 1.807) is 0 Å². The predicted octanol–water partition coefficient (Wildman–Crippen LogP) is 1.95. The van der Waals surface area contributed by atoms with Crippen LogP contribution in [0.15, 0.2) is 16.7 Å². The van der Waals surface area contributed by atoms with E-state index in [2.05, 4.69) is 10.1 Å². The van der Waals surface area contributed by atoms with Gasteiger partial charge in [-0.05, 0) is 17.7 Å². The molecule has 1 heterocycles. The molecule has 102 valence electrons. The van der Waals surface area contributed by atoms with Crippen LogP contribution in [-0.2, 0) is 19.6 Å². The molecule has 7 heteroatoms. The number of ether oxygens (including phenoxy) is 1. The van der Waals surface area contributed by atoms with Gasteiger partial charge in [0, 0.05) is 13.0 Å². The van der Waals surface area contributed by atoms with E-state index >= 15 is 0 Å². The molecule has 2 N–H and O–H groups in total. The molecule has 0 aliphatic carbocycles. The Morgan fingerprint density at radius 2 is 2.00 bits per heavy atom. The van der Waals surface area contributed by atoms with Gasteiger partial charge in [0.05, 0.1) is 0 Å². The Balaban J connectivity index is 2.11. The molecule has 0 aliphatic heterocycles. The first-order valence-electron chi connectivity index (χ1n) is 5.76. The van der Waals surface area contributed by atoms with Gasteiger partial charge in [-0.1, -0.05) is 12.1 Å². The molecular weight excluding hydrogens is 256 g/mol. The highest BCUT2D eigenvalue weighted by molar-refractivity contribution is 5.31. The Hall–Kier alpha value is -2.02. The summed E-state index contributed by atoms with van der Waals surface area (Å²) in [5.74, 6) is -1.42. The molecule has 2 rings (SSSR count). The maximum Gasteiger partial charge on any atom is 0.264 e. The van der Waals surface area contributed by atoms with Crippen LogP contribution in [-0.4, -0.2) is 10.1 Å². The minimum absolute atomic E-state index is 0.0532. The summed E-state index contributed by atoms with van der Waals surface area (Å²) >= 11 is 0. The zero-order chi connectivity index (χ0) is 13.8. The topological polar surface area (TPSA) is 74.2 Å². The summed E-state index contributed by atoms with van der Waals surface area (Å²) in [4.78, 5) is 3.97. The van der Waals surface area contributed by atoms with Crippen molar-refractivity contribution in [1.29, 1.82) is 0 Å². The summed E-state index contributed by atoms with van der Waals surface area (Å²) in [6.45, 7) is 1.72. The number of hydrogen-bond donors (Lipinski definition) is 1. The molecule has 0 spiro atoms. The summed E-state index contributed by atoms with van der Waals surface area (Å²) < 4.78 is 37.0. The maximum atomic E-state index is 13.6. The first kappa shape index (κ1) is 13.4. The van der Waals surface area contributed by atoms with Crippen LogP contribution in [0, 0.1) is 11.6 Å². The lowest BCUT2D eigenvalue weighted by Crippen LogP contribution is -2.03. The predicted molar refractivity (Wildman–Crippen MR) is 62.3 cm³/mol. The normalized spacial score (nSPS) is 10.7. The van der Waals surface area contributed by atoms with Crippen LogP contribution in [0.1, 0.15) is 24.2 Å². The standard InChI is InChI=1S/C12H13F2N3O2/c1-2-10-16-11(19-17-10)6-18-12-8(13)3-7(5-15)4-9(12)14/h3-4H,2,5-6,15H2,1H3. The SMILES string of the molecule is CCc1noc(COc2c(F)cc(CN)cc2F)n1. The third-order valence-electron chi connectivity index (χ3n) is 2.46. The van der Waals surface area contributed by atoms with Crippen molar-refractivity contribution >= 4 is 0 Å². The number of benzene rings is 1. The molecule has 0 saturated heterocycles. The summed E-state index contributed by atoms with van der Waals surface area (Å²) in [5, 5.41) is 3.65. The van der Waals surface area contributed by atoms with Gasteiger partial charge in [-0.3, -0.25) is 0 Å². The molecule has 0 saturated carbocycles. The highest BCUT2D eigenvalue weighted by Gasteiger charge is 2.14. The summed E-state index contributed by atoms with van der Waals surface area (Å²) in [6.07, 6.45) is 0.609. The third-order valence-corrected chi connectivity index (χ3v) is 2.46. The van der Waals surface area contributed by atoms with Crippen LogP contribution >= 0.6 is 0 Å². The molecule has 1 aromatic carbocycles. The van der Waals surface area contributed by atoms with Gasteiger partial charge < -0.3 is 15.0 Å². The lowest BCUT2D eigenvalue weighted by Gasteiger charge is -2.07. The van der Waals surface area contributed by atoms with Crippen molar-refractivity contribution in [2.45, 2.75) is 26.5 Å². The van der Waals surface area contributed by atoms with Crippen molar-refractivity contribution in [3.05, 3.63) is 41.0 Å². The number of hydrogen-bond acceptors (Lipinski definition) is 5. The maximum absolute atomic E-state index is 13.6. The Morgan fingerprint density at radius 3 is 2.53 bits per heavy atom. The molecule has 19 heavy (non-hydrogen) atoms. The van der Waals surface area contributed by atoms with Gasteiger partial charge in [0.25, 0.3) is 5.89 Å². The molecule has 0 fully saturated rings. The van der Waals surface area contributed by atoms with E-state index in [4.69, 9.17) is 15.0 Å². The summed E-state index contributed by atoms with van der Waals surface area (Å²) in [6, 6.07) is 2.26. The van der Waals surface area contributed by atoms with Gasteiger partial charge in [0.2, 0.25) is 0 Å². The van der Waals surface area contributed by atoms with Crippen molar-refractivity contribution in [3.63, 3.8) is 0 Å². The van der Waals surface area contributed by atoms with Gasteiger partial charge in [0.15, 0.2) is 29.8 Å². The molecule has 0 radical (unpaired) electrons. The van der Waals surface area contributed by atoms with Crippen LogP contribution in [0.4, 0.5) is 8.78 Å². The molecular formula is C12H13F2N3O2. The fourth-order valence-electron chi connectivity index (χ4n) is 1.49. The van der Waals surface area contributed by atoms with Crippen molar-refractivity contribution in [1.82, 2.24) is 10.1 Å².